The van der Waals surface area contributed by atoms with Crippen LogP contribution < -0.4 is 5.59 Å². The third-order valence-corrected chi connectivity index (χ3v) is 7.20. The highest BCUT2D eigenvalue weighted by molar-refractivity contribution is 6.62. The second-order valence-electron chi connectivity index (χ2n) is 9.50. The van der Waals surface area contributed by atoms with Gasteiger partial charge in [0.25, 0.3) is 0 Å². The summed E-state index contributed by atoms with van der Waals surface area (Å²) in [4.78, 5) is 12.1. The summed E-state index contributed by atoms with van der Waals surface area (Å²) in [5.41, 5.74) is 3.23. The van der Waals surface area contributed by atoms with Crippen molar-refractivity contribution in [2.24, 2.45) is 7.05 Å². The van der Waals surface area contributed by atoms with Gasteiger partial charge in [-0.3, -0.25) is 0 Å². The van der Waals surface area contributed by atoms with E-state index in [9.17, 15) is 4.79 Å². The first-order valence-electron chi connectivity index (χ1n) is 10.7. The van der Waals surface area contributed by atoms with Crippen LogP contribution in [0.3, 0.4) is 0 Å². The van der Waals surface area contributed by atoms with Crippen molar-refractivity contribution in [3.05, 3.63) is 29.3 Å². The Kier molecular flexibility index (Phi) is 5.06. The summed E-state index contributed by atoms with van der Waals surface area (Å²) >= 11 is 0. The Labute approximate surface area is 173 Å². The maximum Gasteiger partial charge on any atom is 0.512 e. The van der Waals surface area contributed by atoms with Crippen molar-refractivity contribution in [1.82, 2.24) is 4.57 Å². The van der Waals surface area contributed by atoms with Gasteiger partial charge in [-0.15, -0.1) is 0 Å². The topological polar surface area (TPSA) is 49.7 Å². The fourth-order valence-electron chi connectivity index (χ4n) is 4.79. The molecule has 2 fully saturated rings. The molecule has 2 heterocycles. The van der Waals surface area contributed by atoms with Crippen molar-refractivity contribution < 1.29 is 18.8 Å². The van der Waals surface area contributed by atoms with Crippen molar-refractivity contribution in [2.45, 2.75) is 76.9 Å². The monoisotopic (exact) mass is 397 g/mol. The SMILES string of the molecule is COC(=O)c1ccc2c(C3CCCCC3)c(B3OC(C)(C)C(C)(C)O3)n(C)c2c1. The Bertz CT molecular complexity index is 924. The zero-order valence-electron chi connectivity index (χ0n) is 18.5. The van der Waals surface area contributed by atoms with Gasteiger partial charge in [0, 0.05) is 18.0 Å². The number of rotatable bonds is 3. The van der Waals surface area contributed by atoms with Crippen LogP contribution in [0.25, 0.3) is 10.9 Å². The summed E-state index contributed by atoms with van der Waals surface area (Å²) in [5, 5.41) is 1.19. The van der Waals surface area contributed by atoms with E-state index in [4.69, 9.17) is 14.0 Å². The molecule has 6 heteroatoms. The summed E-state index contributed by atoms with van der Waals surface area (Å²) in [6.07, 6.45) is 6.18. The molecule has 5 nitrogen and oxygen atoms in total. The molecular formula is C23H32BNO4. The molecule has 156 valence electrons. The molecule has 1 aromatic carbocycles. The lowest BCUT2D eigenvalue weighted by molar-refractivity contribution is 0.00578. The summed E-state index contributed by atoms with van der Waals surface area (Å²) < 4.78 is 20.0. The molecule has 2 aliphatic rings. The van der Waals surface area contributed by atoms with Gasteiger partial charge in [-0.2, -0.15) is 0 Å². The van der Waals surface area contributed by atoms with Crippen LogP contribution in [0.4, 0.5) is 0 Å². The molecule has 1 saturated heterocycles. The Morgan fingerprint density at radius 3 is 2.31 bits per heavy atom. The van der Waals surface area contributed by atoms with Crippen LogP contribution in [0.5, 0.6) is 0 Å². The smallest absolute Gasteiger partial charge is 0.465 e. The fraction of sp³-hybridized carbons (Fsp3) is 0.609. The Morgan fingerprint density at radius 1 is 1.10 bits per heavy atom. The van der Waals surface area contributed by atoms with E-state index in [1.54, 1.807) is 0 Å². The van der Waals surface area contributed by atoms with E-state index in [2.05, 4.69) is 45.4 Å². The molecule has 1 aromatic heterocycles. The number of nitrogens with zero attached hydrogens (tertiary/aromatic N) is 1. The number of esters is 1. The van der Waals surface area contributed by atoms with Crippen molar-refractivity contribution in [1.29, 1.82) is 0 Å². The van der Waals surface area contributed by atoms with Crippen LogP contribution in [-0.4, -0.2) is 36.0 Å². The number of fused-ring (bicyclic) bond motifs is 1. The van der Waals surface area contributed by atoms with E-state index in [1.165, 1.54) is 50.2 Å². The molecular weight excluding hydrogens is 365 g/mol. The van der Waals surface area contributed by atoms with Gasteiger partial charge in [-0.25, -0.2) is 4.79 Å². The van der Waals surface area contributed by atoms with Crippen LogP contribution in [0.2, 0.25) is 0 Å². The number of ether oxygens (including phenoxy) is 1. The number of aryl methyl sites for hydroxylation is 1. The largest absolute Gasteiger partial charge is 0.512 e. The second-order valence-corrected chi connectivity index (χ2v) is 9.50. The molecule has 1 aliphatic heterocycles. The maximum absolute atomic E-state index is 12.1. The highest BCUT2D eigenvalue weighted by atomic mass is 16.7. The van der Waals surface area contributed by atoms with Gasteiger partial charge in [0.1, 0.15) is 0 Å². The van der Waals surface area contributed by atoms with E-state index < -0.39 is 18.3 Å². The van der Waals surface area contributed by atoms with Crippen LogP contribution in [0.15, 0.2) is 18.2 Å². The Hall–Kier alpha value is -1.79. The maximum atomic E-state index is 12.1. The molecule has 29 heavy (non-hydrogen) atoms. The lowest BCUT2D eigenvalue weighted by Gasteiger charge is -2.32. The van der Waals surface area contributed by atoms with Crippen molar-refractivity contribution >= 4 is 29.6 Å². The highest BCUT2D eigenvalue weighted by Gasteiger charge is 2.53. The number of carbonyl (C=O) groups is 1. The van der Waals surface area contributed by atoms with E-state index in [0.29, 0.717) is 11.5 Å². The summed E-state index contributed by atoms with van der Waals surface area (Å²) in [7, 11) is 3.05. The number of hydrogen-bond acceptors (Lipinski definition) is 4. The molecule has 0 amide bonds. The molecule has 1 aliphatic carbocycles. The number of carbonyl (C=O) groups excluding carboxylic acids is 1. The lowest BCUT2D eigenvalue weighted by Crippen LogP contribution is -2.41. The molecule has 4 rings (SSSR count). The molecule has 2 aromatic rings. The zero-order valence-corrected chi connectivity index (χ0v) is 18.5. The average molecular weight is 397 g/mol. The van der Waals surface area contributed by atoms with Crippen molar-refractivity contribution in [3.63, 3.8) is 0 Å². The zero-order chi connectivity index (χ0) is 21.0. The lowest BCUT2D eigenvalue weighted by atomic mass is 9.74. The van der Waals surface area contributed by atoms with Gasteiger partial charge < -0.3 is 18.6 Å². The van der Waals surface area contributed by atoms with E-state index in [0.717, 1.165) is 11.1 Å². The highest BCUT2D eigenvalue weighted by Crippen LogP contribution is 2.41. The van der Waals surface area contributed by atoms with E-state index in [-0.39, 0.29) is 5.97 Å². The minimum atomic E-state index is -0.420. The van der Waals surface area contributed by atoms with Crippen LogP contribution in [-0.2, 0) is 21.1 Å². The summed E-state index contributed by atoms with van der Waals surface area (Å²) in [6, 6.07) is 5.87. The number of methoxy groups -OCH3 is 1. The molecule has 1 saturated carbocycles. The predicted molar refractivity (Wildman–Crippen MR) is 116 cm³/mol. The third-order valence-electron chi connectivity index (χ3n) is 7.20. The van der Waals surface area contributed by atoms with Gasteiger partial charge in [-0.05, 0) is 64.2 Å². The first kappa shape index (κ1) is 20.5. The standard InChI is InChI=1S/C23H32BNO4/c1-22(2)23(3,4)29-24(28-22)20-19(15-10-8-7-9-11-15)17-13-12-16(21(26)27-6)14-18(17)25(20)5/h12-15H,7-11H2,1-6H3. The molecule has 0 bridgehead atoms. The van der Waals surface area contributed by atoms with Gasteiger partial charge >= 0.3 is 13.1 Å². The van der Waals surface area contributed by atoms with Crippen LogP contribution in [0.1, 0.15) is 81.6 Å². The van der Waals surface area contributed by atoms with Crippen LogP contribution >= 0.6 is 0 Å². The predicted octanol–water partition coefficient (Wildman–Crippen LogP) is 4.31. The molecule has 0 spiro atoms. The fourth-order valence-corrected chi connectivity index (χ4v) is 4.79. The van der Waals surface area contributed by atoms with Crippen molar-refractivity contribution in [3.8, 4) is 0 Å². The van der Waals surface area contributed by atoms with Crippen molar-refractivity contribution in [2.75, 3.05) is 7.11 Å². The minimum absolute atomic E-state index is 0.315. The van der Waals surface area contributed by atoms with Gasteiger partial charge in [0.2, 0.25) is 0 Å². The summed E-state index contributed by atoms with van der Waals surface area (Å²) in [5.74, 6) is 0.176. The number of aromatic nitrogens is 1. The van der Waals surface area contributed by atoms with Crippen LogP contribution in [0, 0.1) is 0 Å². The molecule has 0 radical (unpaired) electrons. The minimum Gasteiger partial charge on any atom is -0.465 e. The normalized spacial score (nSPS) is 21.7. The first-order valence-corrected chi connectivity index (χ1v) is 10.7. The Morgan fingerprint density at radius 2 is 1.72 bits per heavy atom. The third kappa shape index (κ3) is 3.30. The number of benzene rings is 1. The molecule has 0 atom stereocenters. The van der Waals surface area contributed by atoms with Gasteiger partial charge in [0.15, 0.2) is 0 Å². The first-order chi connectivity index (χ1) is 13.7. The number of hydrogen-bond donors (Lipinski definition) is 0. The molecule has 0 unspecified atom stereocenters. The van der Waals surface area contributed by atoms with Gasteiger partial charge in [0.05, 0.1) is 29.5 Å². The van der Waals surface area contributed by atoms with E-state index >= 15 is 0 Å². The van der Waals surface area contributed by atoms with Gasteiger partial charge in [-0.1, -0.05) is 25.3 Å². The Balaban J connectivity index is 1.89. The second kappa shape index (κ2) is 7.17. The quantitative estimate of drug-likeness (QED) is 0.572. The van der Waals surface area contributed by atoms with E-state index in [1.807, 2.05) is 12.1 Å². The molecule has 0 N–H and O–H groups in total. The average Bonchev–Trinajstić information content (AvgIpc) is 3.10. The summed E-state index contributed by atoms with van der Waals surface area (Å²) in [6.45, 7) is 8.35.